The Hall–Kier alpha value is -2.64. The summed E-state index contributed by atoms with van der Waals surface area (Å²) in [5.41, 5.74) is 2.03. The molecule has 1 aromatic carbocycles. The smallest absolute Gasteiger partial charge is 0.255 e. The molecule has 2 aliphatic rings. The van der Waals surface area contributed by atoms with Crippen molar-refractivity contribution in [1.29, 1.82) is 0 Å². The number of fused-ring (bicyclic) bond motifs is 1. The van der Waals surface area contributed by atoms with E-state index in [0.29, 0.717) is 48.3 Å². The molecule has 2 aliphatic heterocycles. The highest BCUT2D eigenvalue weighted by Crippen LogP contribution is 2.30. The van der Waals surface area contributed by atoms with Gasteiger partial charge in [-0.05, 0) is 37.1 Å². The number of rotatable bonds is 5. The lowest BCUT2D eigenvalue weighted by Gasteiger charge is -2.30. The minimum absolute atomic E-state index is 0.0727. The number of hydrogen-bond donors (Lipinski definition) is 1. The number of aromatic nitrogens is 1. The summed E-state index contributed by atoms with van der Waals surface area (Å²) in [7, 11) is 0. The van der Waals surface area contributed by atoms with Crippen LogP contribution in [0.3, 0.4) is 0 Å². The highest BCUT2D eigenvalue weighted by molar-refractivity contribution is 6.30. The minimum atomic E-state index is -0.0908. The lowest BCUT2D eigenvalue weighted by Crippen LogP contribution is -2.40. The van der Waals surface area contributed by atoms with Gasteiger partial charge in [0.25, 0.3) is 5.91 Å². The van der Waals surface area contributed by atoms with Crippen molar-refractivity contribution in [3.8, 4) is 0 Å². The van der Waals surface area contributed by atoms with Gasteiger partial charge >= 0.3 is 0 Å². The van der Waals surface area contributed by atoms with Crippen molar-refractivity contribution in [2.24, 2.45) is 0 Å². The van der Waals surface area contributed by atoms with E-state index in [1.165, 1.54) is 0 Å². The van der Waals surface area contributed by atoms with Crippen molar-refractivity contribution >= 4 is 34.9 Å². The first-order chi connectivity index (χ1) is 14.0. The molecule has 1 atom stereocenters. The van der Waals surface area contributed by atoms with Crippen molar-refractivity contribution in [3.05, 3.63) is 52.7 Å². The Morgan fingerprint density at radius 2 is 2.14 bits per heavy atom. The normalized spacial score (nSPS) is 18.6. The molecule has 0 saturated carbocycles. The van der Waals surface area contributed by atoms with Gasteiger partial charge in [-0.15, -0.1) is 0 Å². The number of benzene rings is 1. The number of carbonyl (C=O) groups excluding carboxylic acids is 2. The number of amides is 2. The Balaban J connectivity index is 1.57. The van der Waals surface area contributed by atoms with Gasteiger partial charge in [0, 0.05) is 30.9 Å². The van der Waals surface area contributed by atoms with Crippen LogP contribution in [0, 0.1) is 0 Å². The van der Waals surface area contributed by atoms with Crippen LogP contribution >= 0.6 is 11.6 Å². The summed E-state index contributed by atoms with van der Waals surface area (Å²) in [6.07, 6.45) is 2.48. The summed E-state index contributed by atoms with van der Waals surface area (Å²) < 4.78 is 5.63. The Bertz CT molecular complexity index is 919. The number of hydrogen-bond acceptors (Lipinski definition) is 5. The summed E-state index contributed by atoms with van der Waals surface area (Å²) in [6, 6.07) is 9.12. The first-order valence-electron chi connectivity index (χ1n) is 9.74. The summed E-state index contributed by atoms with van der Waals surface area (Å²) >= 11 is 5.96. The second-order valence-electron chi connectivity index (χ2n) is 7.17. The third-order valence-electron chi connectivity index (χ3n) is 5.20. The van der Waals surface area contributed by atoms with Crippen LogP contribution in [0.2, 0.25) is 5.02 Å². The van der Waals surface area contributed by atoms with E-state index in [9.17, 15) is 9.59 Å². The summed E-state index contributed by atoms with van der Waals surface area (Å²) in [5, 5.41) is 3.67. The average molecular weight is 415 g/mol. The van der Waals surface area contributed by atoms with Gasteiger partial charge in [-0.3, -0.25) is 9.59 Å². The van der Waals surface area contributed by atoms with Crippen LogP contribution in [0.1, 0.15) is 29.3 Å². The molecule has 7 nitrogen and oxygen atoms in total. The zero-order valence-electron chi connectivity index (χ0n) is 16.2. The van der Waals surface area contributed by atoms with E-state index in [1.54, 1.807) is 34.2 Å². The van der Waals surface area contributed by atoms with Gasteiger partial charge < -0.3 is 19.9 Å². The Labute approximate surface area is 174 Å². The Morgan fingerprint density at radius 1 is 1.34 bits per heavy atom. The number of ether oxygens (including phenoxy) is 1. The van der Waals surface area contributed by atoms with E-state index in [0.717, 1.165) is 12.0 Å². The second-order valence-corrected chi connectivity index (χ2v) is 7.61. The summed E-state index contributed by atoms with van der Waals surface area (Å²) in [6.45, 7) is 4.39. The van der Waals surface area contributed by atoms with Gasteiger partial charge in [0.15, 0.2) is 5.82 Å². The minimum Gasteiger partial charge on any atom is -0.377 e. The van der Waals surface area contributed by atoms with Crippen LogP contribution in [0.4, 0.5) is 11.5 Å². The number of nitrogens with one attached hydrogen (secondary N) is 1. The molecule has 1 saturated heterocycles. The predicted molar refractivity (Wildman–Crippen MR) is 111 cm³/mol. The maximum Gasteiger partial charge on any atom is 0.255 e. The summed E-state index contributed by atoms with van der Waals surface area (Å²) in [5.74, 6) is 0.437. The topological polar surface area (TPSA) is 74.8 Å². The molecule has 1 unspecified atom stereocenters. The molecule has 152 valence electrons. The van der Waals surface area contributed by atoms with Crippen molar-refractivity contribution in [1.82, 2.24) is 9.88 Å². The molecule has 0 radical (unpaired) electrons. The average Bonchev–Trinajstić information content (AvgIpc) is 3.19. The standard InChI is InChI=1S/C21H23ClN4O3/c1-2-29-17-7-8-25(13-17)21(28)15-9-18-20(23-10-15)24-11-19(27)26(18)12-14-3-5-16(22)6-4-14/h3-6,9-10,17H,2,7-8,11-13H2,1H3,(H,23,24). The van der Waals surface area contributed by atoms with Crippen LogP contribution in [0.5, 0.6) is 0 Å². The fourth-order valence-corrected chi connectivity index (χ4v) is 3.84. The number of anilines is 2. The highest BCUT2D eigenvalue weighted by atomic mass is 35.5. The van der Waals surface area contributed by atoms with E-state index in [4.69, 9.17) is 16.3 Å². The third-order valence-corrected chi connectivity index (χ3v) is 5.45. The van der Waals surface area contributed by atoms with Crippen LogP contribution in [0.25, 0.3) is 0 Å². The molecule has 0 bridgehead atoms. The molecule has 1 fully saturated rings. The van der Waals surface area contributed by atoms with Crippen molar-refractivity contribution in [3.63, 3.8) is 0 Å². The van der Waals surface area contributed by atoms with Crippen LogP contribution in [-0.2, 0) is 16.1 Å². The predicted octanol–water partition coefficient (Wildman–Crippen LogP) is 2.94. The molecule has 2 amide bonds. The first kappa shape index (κ1) is 19.7. The van der Waals surface area contributed by atoms with Gasteiger partial charge in [0.2, 0.25) is 5.91 Å². The monoisotopic (exact) mass is 414 g/mol. The fraction of sp³-hybridized carbons (Fsp3) is 0.381. The SMILES string of the molecule is CCOC1CCN(C(=O)c2cnc3c(c2)N(Cc2ccc(Cl)cc2)C(=O)CN3)C1. The zero-order valence-corrected chi connectivity index (χ0v) is 17.0. The highest BCUT2D eigenvalue weighted by Gasteiger charge is 2.30. The van der Waals surface area contributed by atoms with E-state index >= 15 is 0 Å². The number of carbonyl (C=O) groups is 2. The molecule has 1 aromatic heterocycles. The van der Waals surface area contributed by atoms with Crippen molar-refractivity contribution < 1.29 is 14.3 Å². The molecule has 1 N–H and O–H groups in total. The second kappa shape index (κ2) is 8.39. The van der Waals surface area contributed by atoms with Crippen LogP contribution in [0.15, 0.2) is 36.5 Å². The lowest BCUT2D eigenvalue weighted by atomic mass is 10.1. The van der Waals surface area contributed by atoms with E-state index in [2.05, 4.69) is 10.3 Å². The zero-order chi connectivity index (χ0) is 20.4. The van der Waals surface area contributed by atoms with Gasteiger partial charge in [0.05, 0.1) is 30.4 Å². The molecule has 3 heterocycles. The van der Waals surface area contributed by atoms with Crippen molar-refractivity contribution in [2.45, 2.75) is 26.0 Å². The molecule has 29 heavy (non-hydrogen) atoms. The lowest BCUT2D eigenvalue weighted by molar-refractivity contribution is -0.117. The van der Waals surface area contributed by atoms with Gasteiger partial charge in [0.1, 0.15) is 0 Å². The van der Waals surface area contributed by atoms with Crippen LogP contribution in [-0.4, -0.2) is 54.0 Å². The number of nitrogens with zero attached hydrogens (tertiary/aromatic N) is 3. The van der Waals surface area contributed by atoms with Crippen LogP contribution < -0.4 is 10.2 Å². The van der Waals surface area contributed by atoms with Gasteiger partial charge in [-0.2, -0.15) is 0 Å². The fourth-order valence-electron chi connectivity index (χ4n) is 3.71. The molecular weight excluding hydrogens is 392 g/mol. The molecular formula is C21H23ClN4O3. The molecule has 4 rings (SSSR count). The first-order valence-corrected chi connectivity index (χ1v) is 10.1. The molecule has 8 heteroatoms. The molecule has 0 aliphatic carbocycles. The molecule has 0 spiro atoms. The van der Waals surface area contributed by atoms with Gasteiger partial charge in [-0.1, -0.05) is 23.7 Å². The quantitative estimate of drug-likeness (QED) is 0.814. The molecule has 2 aromatic rings. The Kier molecular flexibility index (Phi) is 5.69. The number of likely N-dealkylation sites (tertiary alicyclic amines) is 1. The van der Waals surface area contributed by atoms with E-state index < -0.39 is 0 Å². The Morgan fingerprint density at radius 3 is 2.90 bits per heavy atom. The maximum atomic E-state index is 13.0. The number of halogens is 1. The van der Waals surface area contributed by atoms with Gasteiger partial charge in [-0.25, -0.2) is 4.98 Å². The van der Waals surface area contributed by atoms with Crippen molar-refractivity contribution in [2.75, 3.05) is 36.5 Å². The van der Waals surface area contributed by atoms with E-state index in [-0.39, 0.29) is 24.5 Å². The van der Waals surface area contributed by atoms with E-state index in [1.807, 2.05) is 19.1 Å². The maximum absolute atomic E-state index is 13.0. The third kappa shape index (κ3) is 4.21. The summed E-state index contributed by atoms with van der Waals surface area (Å²) in [4.78, 5) is 33.4. The largest absolute Gasteiger partial charge is 0.377 e. The number of pyridine rings is 1.